The van der Waals surface area contributed by atoms with Crippen LogP contribution in [0.3, 0.4) is 0 Å². The first-order valence-electron chi connectivity index (χ1n) is 4.89. The topological polar surface area (TPSA) is 45.2 Å². The third kappa shape index (κ3) is 3.36. The Kier molecular flexibility index (Phi) is 4.51. The maximum atomic E-state index is 9.55. The van der Waals surface area contributed by atoms with Crippen molar-refractivity contribution >= 4 is 11.3 Å². The van der Waals surface area contributed by atoms with Crippen LogP contribution < -0.4 is 5.32 Å². The molecule has 4 heteroatoms. The van der Waals surface area contributed by atoms with E-state index in [1.54, 1.807) is 11.3 Å². The monoisotopic (exact) mass is 214 g/mol. The van der Waals surface area contributed by atoms with Gasteiger partial charge in [0.15, 0.2) is 0 Å². The molecule has 1 atom stereocenters. The van der Waals surface area contributed by atoms with Crippen LogP contribution in [0.2, 0.25) is 0 Å². The minimum absolute atomic E-state index is 0.261. The third-order valence-electron chi connectivity index (χ3n) is 2.25. The molecule has 0 aromatic carbocycles. The van der Waals surface area contributed by atoms with Crippen LogP contribution in [0.4, 0.5) is 0 Å². The molecular formula is C10H18N2OS. The first-order chi connectivity index (χ1) is 6.61. The van der Waals surface area contributed by atoms with Gasteiger partial charge in [-0.25, -0.2) is 4.98 Å². The van der Waals surface area contributed by atoms with E-state index in [1.165, 1.54) is 4.88 Å². The average molecular weight is 214 g/mol. The smallest absolute Gasteiger partial charge is 0.0798 e. The summed E-state index contributed by atoms with van der Waals surface area (Å²) < 4.78 is 0. The molecule has 0 bridgehead atoms. The van der Waals surface area contributed by atoms with Gasteiger partial charge in [0.2, 0.25) is 0 Å². The summed E-state index contributed by atoms with van der Waals surface area (Å²) in [6.07, 6.45) is -0.261. The van der Waals surface area contributed by atoms with Crippen LogP contribution in [0.25, 0.3) is 0 Å². The van der Waals surface area contributed by atoms with Gasteiger partial charge in [0.25, 0.3) is 0 Å². The number of rotatable bonds is 5. The highest BCUT2D eigenvalue weighted by atomic mass is 32.1. The van der Waals surface area contributed by atoms with E-state index in [2.05, 4.69) is 10.3 Å². The Hall–Kier alpha value is -0.450. The van der Waals surface area contributed by atoms with E-state index in [-0.39, 0.29) is 6.10 Å². The van der Waals surface area contributed by atoms with E-state index in [0.29, 0.717) is 12.5 Å². The highest BCUT2D eigenvalue weighted by molar-refractivity contribution is 7.09. The zero-order valence-corrected chi connectivity index (χ0v) is 9.77. The summed E-state index contributed by atoms with van der Waals surface area (Å²) in [5.41, 5.74) is 2.94. The first kappa shape index (κ1) is 11.6. The second kappa shape index (κ2) is 5.44. The number of nitrogens with zero attached hydrogens (tertiary/aromatic N) is 1. The summed E-state index contributed by atoms with van der Waals surface area (Å²) in [7, 11) is 0. The zero-order valence-electron chi connectivity index (χ0n) is 8.95. The lowest BCUT2D eigenvalue weighted by molar-refractivity contribution is 0.123. The summed E-state index contributed by atoms with van der Waals surface area (Å²) >= 11 is 1.65. The Balaban J connectivity index is 2.25. The first-order valence-corrected chi connectivity index (χ1v) is 5.77. The largest absolute Gasteiger partial charge is 0.392 e. The molecule has 0 spiro atoms. The van der Waals surface area contributed by atoms with Gasteiger partial charge in [0.05, 0.1) is 17.3 Å². The summed E-state index contributed by atoms with van der Waals surface area (Å²) in [5, 5.41) is 12.8. The molecule has 1 rings (SSSR count). The molecule has 0 radical (unpaired) electrons. The molecule has 1 heterocycles. The Labute approximate surface area is 89.2 Å². The molecule has 14 heavy (non-hydrogen) atoms. The lowest BCUT2D eigenvalue weighted by Gasteiger charge is -2.14. The minimum Gasteiger partial charge on any atom is -0.392 e. The Morgan fingerprint density at radius 3 is 2.79 bits per heavy atom. The quantitative estimate of drug-likeness (QED) is 0.782. The van der Waals surface area contributed by atoms with Crippen molar-refractivity contribution in [3.05, 3.63) is 16.1 Å². The van der Waals surface area contributed by atoms with Gasteiger partial charge in [-0.2, -0.15) is 0 Å². The number of hydrogen-bond acceptors (Lipinski definition) is 4. The molecule has 2 N–H and O–H groups in total. The van der Waals surface area contributed by atoms with Crippen LogP contribution in [0.1, 0.15) is 24.4 Å². The number of nitrogens with one attached hydrogen (secondary N) is 1. The van der Waals surface area contributed by atoms with Crippen LogP contribution in [0, 0.1) is 12.8 Å². The van der Waals surface area contributed by atoms with E-state index in [4.69, 9.17) is 0 Å². The van der Waals surface area contributed by atoms with Crippen molar-refractivity contribution in [3.8, 4) is 0 Å². The van der Waals surface area contributed by atoms with Crippen molar-refractivity contribution in [2.24, 2.45) is 5.92 Å². The van der Waals surface area contributed by atoms with Gasteiger partial charge in [-0.3, -0.25) is 0 Å². The second-order valence-electron chi connectivity index (χ2n) is 3.80. The maximum absolute atomic E-state index is 9.55. The van der Waals surface area contributed by atoms with Gasteiger partial charge in [0.1, 0.15) is 0 Å². The molecule has 80 valence electrons. The molecule has 0 aliphatic heterocycles. The van der Waals surface area contributed by atoms with Crippen molar-refractivity contribution in [3.63, 3.8) is 0 Å². The van der Waals surface area contributed by atoms with Gasteiger partial charge in [-0.05, 0) is 12.8 Å². The molecule has 0 amide bonds. The fourth-order valence-corrected chi connectivity index (χ4v) is 1.81. The molecule has 0 saturated heterocycles. The van der Waals surface area contributed by atoms with Crippen molar-refractivity contribution in [2.45, 2.75) is 33.4 Å². The van der Waals surface area contributed by atoms with E-state index >= 15 is 0 Å². The van der Waals surface area contributed by atoms with E-state index < -0.39 is 0 Å². The Bertz CT molecular complexity index is 273. The minimum atomic E-state index is -0.261. The molecule has 1 unspecified atom stereocenters. The Morgan fingerprint density at radius 1 is 1.57 bits per heavy atom. The summed E-state index contributed by atoms with van der Waals surface area (Å²) in [5.74, 6) is 0.310. The van der Waals surface area contributed by atoms with Crippen LogP contribution in [-0.4, -0.2) is 22.7 Å². The normalized spacial score (nSPS) is 13.5. The van der Waals surface area contributed by atoms with Crippen molar-refractivity contribution in [1.82, 2.24) is 10.3 Å². The van der Waals surface area contributed by atoms with Gasteiger partial charge < -0.3 is 10.4 Å². The fraction of sp³-hybridized carbons (Fsp3) is 0.700. The molecule has 1 aromatic rings. The standard InChI is InChI=1S/C10H18N2OS/c1-7(2)9(13)4-11-5-10-8(3)12-6-14-10/h6-7,9,11,13H,4-5H2,1-3H3. The Morgan fingerprint density at radius 2 is 2.29 bits per heavy atom. The predicted octanol–water partition coefficient (Wildman–Crippen LogP) is 1.56. The molecular weight excluding hydrogens is 196 g/mol. The number of hydrogen-bond donors (Lipinski definition) is 2. The lowest BCUT2D eigenvalue weighted by Crippen LogP contribution is -2.30. The van der Waals surface area contributed by atoms with Crippen molar-refractivity contribution < 1.29 is 5.11 Å². The van der Waals surface area contributed by atoms with Crippen LogP contribution >= 0.6 is 11.3 Å². The number of aliphatic hydroxyl groups excluding tert-OH is 1. The van der Waals surface area contributed by atoms with Crippen LogP contribution in [-0.2, 0) is 6.54 Å². The number of aryl methyl sites for hydroxylation is 1. The molecule has 3 nitrogen and oxygen atoms in total. The van der Waals surface area contributed by atoms with Gasteiger partial charge >= 0.3 is 0 Å². The SMILES string of the molecule is Cc1ncsc1CNCC(O)C(C)C. The number of aromatic nitrogens is 1. The van der Waals surface area contributed by atoms with Gasteiger partial charge in [-0.1, -0.05) is 13.8 Å². The summed E-state index contributed by atoms with van der Waals surface area (Å²) in [4.78, 5) is 5.42. The second-order valence-corrected chi connectivity index (χ2v) is 4.74. The summed E-state index contributed by atoms with van der Waals surface area (Å²) in [6.45, 7) is 7.50. The number of aliphatic hydroxyl groups is 1. The maximum Gasteiger partial charge on any atom is 0.0798 e. The van der Waals surface area contributed by atoms with E-state index in [1.807, 2.05) is 26.3 Å². The highest BCUT2D eigenvalue weighted by Gasteiger charge is 2.08. The predicted molar refractivity (Wildman–Crippen MR) is 59.4 cm³/mol. The molecule has 0 saturated carbocycles. The zero-order chi connectivity index (χ0) is 10.6. The van der Waals surface area contributed by atoms with Gasteiger partial charge in [0, 0.05) is 18.0 Å². The highest BCUT2D eigenvalue weighted by Crippen LogP contribution is 2.11. The number of thiazole rings is 1. The average Bonchev–Trinajstić information content (AvgIpc) is 2.51. The van der Waals surface area contributed by atoms with Crippen LogP contribution in [0.15, 0.2) is 5.51 Å². The third-order valence-corrected chi connectivity index (χ3v) is 3.19. The molecule has 0 aliphatic carbocycles. The molecule has 0 fully saturated rings. The van der Waals surface area contributed by atoms with Gasteiger partial charge in [-0.15, -0.1) is 11.3 Å². The van der Waals surface area contributed by atoms with Crippen molar-refractivity contribution in [2.75, 3.05) is 6.54 Å². The van der Waals surface area contributed by atoms with Crippen molar-refractivity contribution in [1.29, 1.82) is 0 Å². The van der Waals surface area contributed by atoms with Crippen LogP contribution in [0.5, 0.6) is 0 Å². The lowest BCUT2D eigenvalue weighted by atomic mass is 10.1. The molecule has 0 aliphatic rings. The van der Waals surface area contributed by atoms with E-state index in [9.17, 15) is 5.11 Å². The molecule has 1 aromatic heterocycles. The van der Waals surface area contributed by atoms with E-state index in [0.717, 1.165) is 12.2 Å². The fourth-order valence-electron chi connectivity index (χ4n) is 1.07. The summed E-state index contributed by atoms with van der Waals surface area (Å²) in [6, 6.07) is 0.